The lowest BCUT2D eigenvalue weighted by atomic mass is 9.85. The second-order valence-corrected chi connectivity index (χ2v) is 6.41. The van der Waals surface area contributed by atoms with Crippen molar-refractivity contribution >= 4 is 23.2 Å². The van der Waals surface area contributed by atoms with Gasteiger partial charge in [0.05, 0.1) is 0 Å². The van der Waals surface area contributed by atoms with Crippen molar-refractivity contribution in [3.8, 4) is 0 Å². The minimum Gasteiger partial charge on any atom is -0.331 e. The number of nitrogens with zero attached hydrogens (tertiary/aromatic N) is 1. The number of pyridine rings is 1. The van der Waals surface area contributed by atoms with Crippen molar-refractivity contribution in [2.24, 2.45) is 0 Å². The fourth-order valence-electron chi connectivity index (χ4n) is 2.86. The van der Waals surface area contributed by atoms with E-state index in [1.165, 1.54) is 7.11 Å². The van der Waals surface area contributed by atoms with E-state index >= 15 is 0 Å². The summed E-state index contributed by atoms with van der Waals surface area (Å²) >= 11 is 12.4. The van der Waals surface area contributed by atoms with Gasteiger partial charge in [-0.2, -0.15) is 0 Å². The molecule has 0 radical (unpaired) electrons. The van der Waals surface area contributed by atoms with Gasteiger partial charge in [-0.15, -0.1) is 0 Å². The van der Waals surface area contributed by atoms with Gasteiger partial charge in [0.1, 0.15) is 11.7 Å². The van der Waals surface area contributed by atoms with Crippen LogP contribution in [-0.4, -0.2) is 18.1 Å². The van der Waals surface area contributed by atoms with Crippen LogP contribution in [0.1, 0.15) is 24.2 Å². The third-order valence-electron chi connectivity index (χ3n) is 4.11. The molecule has 0 bridgehead atoms. The van der Waals surface area contributed by atoms with Crippen LogP contribution < -0.4 is 0 Å². The largest absolute Gasteiger partial charge is 0.331 e. The first-order valence-electron chi connectivity index (χ1n) is 7.36. The van der Waals surface area contributed by atoms with Crippen molar-refractivity contribution in [2.45, 2.75) is 24.6 Å². The molecule has 2 aromatic rings. The molecule has 1 fully saturated rings. The average molecular weight is 366 g/mol. The van der Waals surface area contributed by atoms with E-state index in [0.29, 0.717) is 10.0 Å². The predicted octanol–water partition coefficient (Wildman–Crippen LogP) is 4.88. The lowest BCUT2D eigenvalue weighted by molar-refractivity contribution is -0.325. The number of methoxy groups -OCH3 is 1. The number of halogens is 2. The van der Waals surface area contributed by atoms with Gasteiger partial charge in [-0.05, 0) is 18.2 Å². The smallest absolute Gasteiger partial charge is 0.281 e. The van der Waals surface area contributed by atoms with E-state index in [4.69, 9.17) is 37.4 Å². The second-order valence-electron chi connectivity index (χ2n) is 5.57. The van der Waals surface area contributed by atoms with Crippen LogP contribution in [0.15, 0.2) is 55.4 Å². The molecule has 0 spiro atoms. The molecule has 126 valence electrons. The summed E-state index contributed by atoms with van der Waals surface area (Å²) in [6.07, 6.45) is 4.51. The van der Waals surface area contributed by atoms with Crippen LogP contribution in [-0.2, 0) is 19.8 Å². The Morgan fingerprint density at radius 1 is 1.33 bits per heavy atom. The molecular weight excluding hydrogens is 349 g/mol. The van der Waals surface area contributed by atoms with Crippen LogP contribution in [0.2, 0.25) is 10.0 Å². The second kappa shape index (κ2) is 6.47. The standard InChI is InChI=1S/C18H17Cl2NO3/c1-4-18(12-6-5-9-21-11-12)16(23-17(2,22-3)24-18)14-8-7-13(19)10-15(14)20/h4-11,16H,1H2,2-3H3. The lowest BCUT2D eigenvalue weighted by Crippen LogP contribution is -2.33. The average Bonchev–Trinajstić information content (AvgIpc) is 2.90. The van der Waals surface area contributed by atoms with Crippen LogP contribution in [0.3, 0.4) is 0 Å². The van der Waals surface area contributed by atoms with Crippen molar-refractivity contribution in [1.29, 1.82) is 0 Å². The number of benzene rings is 1. The summed E-state index contributed by atoms with van der Waals surface area (Å²) < 4.78 is 17.7. The Labute approximate surface area is 151 Å². The third-order valence-corrected chi connectivity index (χ3v) is 4.67. The minimum absolute atomic E-state index is 0.478. The molecule has 3 rings (SSSR count). The predicted molar refractivity (Wildman–Crippen MR) is 92.9 cm³/mol. The van der Waals surface area contributed by atoms with Crippen molar-refractivity contribution in [1.82, 2.24) is 4.98 Å². The SMILES string of the molecule is C=CC1(c2cccnc2)OC(C)(OC)OC1c1ccc(Cl)cc1Cl. The van der Waals surface area contributed by atoms with Gasteiger partial charge in [0.25, 0.3) is 5.97 Å². The maximum absolute atomic E-state index is 6.41. The van der Waals surface area contributed by atoms with Crippen molar-refractivity contribution in [3.63, 3.8) is 0 Å². The maximum Gasteiger partial charge on any atom is 0.281 e. The van der Waals surface area contributed by atoms with Crippen LogP contribution in [0.4, 0.5) is 0 Å². The summed E-state index contributed by atoms with van der Waals surface area (Å²) in [5, 5.41) is 1.02. The molecule has 0 saturated carbocycles. The van der Waals surface area contributed by atoms with E-state index in [1.807, 2.05) is 18.2 Å². The highest BCUT2D eigenvalue weighted by molar-refractivity contribution is 6.35. The molecule has 2 heterocycles. The summed E-state index contributed by atoms with van der Waals surface area (Å²) in [5.74, 6) is -1.25. The highest BCUT2D eigenvalue weighted by Gasteiger charge is 2.56. The molecule has 1 aromatic heterocycles. The molecular formula is C18H17Cl2NO3. The molecule has 3 unspecified atom stereocenters. The van der Waals surface area contributed by atoms with Gasteiger partial charge in [0.15, 0.2) is 0 Å². The molecule has 24 heavy (non-hydrogen) atoms. The van der Waals surface area contributed by atoms with E-state index in [1.54, 1.807) is 37.5 Å². The Morgan fingerprint density at radius 2 is 2.12 bits per heavy atom. The molecule has 6 heteroatoms. The molecule has 1 aliphatic rings. The van der Waals surface area contributed by atoms with Crippen molar-refractivity contribution in [3.05, 3.63) is 76.6 Å². The molecule has 1 aliphatic heterocycles. The van der Waals surface area contributed by atoms with E-state index in [2.05, 4.69) is 11.6 Å². The van der Waals surface area contributed by atoms with Gasteiger partial charge in [-0.25, -0.2) is 0 Å². The molecule has 0 amide bonds. The van der Waals surface area contributed by atoms with Crippen LogP contribution in [0.5, 0.6) is 0 Å². The summed E-state index contributed by atoms with van der Waals surface area (Å²) in [6.45, 7) is 5.66. The fraction of sp³-hybridized carbons (Fsp3) is 0.278. The van der Waals surface area contributed by atoms with Crippen molar-refractivity contribution < 1.29 is 14.2 Å². The van der Waals surface area contributed by atoms with Crippen LogP contribution >= 0.6 is 23.2 Å². The molecule has 0 aliphatic carbocycles. The first kappa shape index (κ1) is 17.4. The van der Waals surface area contributed by atoms with E-state index in [9.17, 15) is 0 Å². The zero-order chi connectivity index (χ0) is 17.4. The normalized spacial score (nSPS) is 29.6. The van der Waals surface area contributed by atoms with Gasteiger partial charge < -0.3 is 14.2 Å². The molecule has 1 aromatic carbocycles. The third kappa shape index (κ3) is 2.85. The monoisotopic (exact) mass is 365 g/mol. The van der Waals surface area contributed by atoms with E-state index in [0.717, 1.165) is 11.1 Å². The maximum atomic E-state index is 6.41. The van der Waals surface area contributed by atoms with Crippen LogP contribution in [0.25, 0.3) is 0 Å². The van der Waals surface area contributed by atoms with Crippen molar-refractivity contribution in [2.75, 3.05) is 7.11 Å². The highest BCUT2D eigenvalue weighted by Crippen LogP contribution is 2.53. The van der Waals surface area contributed by atoms with Gasteiger partial charge in [-0.1, -0.05) is 48.0 Å². The zero-order valence-electron chi connectivity index (χ0n) is 13.3. The van der Waals surface area contributed by atoms with E-state index < -0.39 is 17.7 Å². The van der Waals surface area contributed by atoms with E-state index in [-0.39, 0.29) is 0 Å². The first-order chi connectivity index (χ1) is 11.4. The molecule has 3 atom stereocenters. The minimum atomic E-state index is -1.25. The first-order valence-corrected chi connectivity index (χ1v) is 8.12. The summed E-state index contributed by atoms with van der Waals surface area (Å²) in [7, 11) is 1.52. The summed E-state index contributed by atoms with van der Waals surface area (Å²) in [4.78, 5) is 4.18. The number of hydrogen-bond acceptors (Lipinski definition) is 4. The Hall–Kier alpha value is -1.43. The molecule has 4 nitrogen and oxygen atoms in total. The topological polar surface area (TPSA) is 40.6 Å². The highest BCUT2D eigenvalue weighted by atomic mass is 35.5. The number of rotatable bonds is 4. The Bertz CT molecular complexity index is 755. The Balaban J connectivity index is 2.18. The number of hydrogen-bond donors (Lipinski definition) is 0. The Morgan fingerprint density at radius 3 is 2.71 bits per heavy atom. The molecule has 1 saturated heterocycles. The number of ether oxygens (including phenoxy) is 3. The quantitative estimate of drug-likeness (QED) is 0.724. The lowest BCUT2D eigenvalue weighted by Gasteiger charge is -2.30. The summed E-state index contributed by atoms with van der Waals surface area (Å²) in [6, 6.07) is 8.96. The van der Waals surface area contributed by atoms with Gasteiger partial charge >= 0.3 is 0 Å². The van der Waals surface area contributed by atoms with Crippen LogP contribution in [0, 0.1) is 0 Å². The summed E-state index contributed by atoms with van der Waals surface area (Å²) in [5.41, 5.74) is 0.513. The Kier molecular flexibility index (Phi) is 4.69. The van der Waals surface area contributed by atoms with Gasteiger partial charge in [0.2, 0.25) is 0 Å². The number of aromatic nitrogens is 1. The zero-order valence-corrected chi connectivity index (χ0v) is 14.8. The molecule has 0 N–H and O–H groups in total. The van der Waals surface area contributed by atoms with Gasteiger partial charge in [0, 0.05) is 47.6 Å². The fourth-order valence-corrected chi connectivity index (χ4v) is 3.36. The van der Waals surface area contributed by atoms with Gasteiger partial charge in [-0.3, -0.25) is 4.98 Å².